The minimum absolute atomic E-state index is 0.255. The Labute approximate surface area is 116 Å². The number of aliphatic hydroxyl groups is 6. The molecular formula is C11H23NO8. The van der Waals surface area contributed by atoms with Crippen LogP contribution in [0.3, 0.4) is 0 Å². The van der Waals surface area contributed by atoms with Crippen molar-refractivity contribution in [2.45, 2.75) is 55.9 Å². The second-order valence-electron chi connectivity index (χ2n) is 4.93. The zero-order chi connectivity index (χ0) is 15.4. The van der Waals surface area contributed by atoms with Gasteiger partial charge in [0.05, 0.1) is 31.5 Å². The van der Waals surface area contributed by atoms with E-state index in [9.17, 15) is 20.4 Å². The average Bonchev–Trinajstić information content (AvgIpc) is 2.42. The molecule has 9 nitrogen and oxygen atoms in total. The van der Waals surface area contributed by atoms with E-state index in [1.54, 1.807) is 0 Å². The lowest BCUT2D eigenvalue weighted by Crippen LogP contribution is -2.59. The Morgan fingerprint density at radius 3 is 2.25 bits per heavy atom. The van der Waals surface area contributed by atoms with Crippen molar-refractivity contribution in [2.24, 2.45) is 5.73 Å². The summed E-state index contributed by atoms with van der Waals surface area (Å²) in [6.07, 6.45) is -9.18. The second-order valence-corrected chi connectivity index (χ2v) is 4.93. The molecule has 120 valence electrons. The van der Waals surface area contributed by atoms with Crippen LogP contribution in [0.4, 0.5) is 0 Å². The van der Waals surface area contributed by atoms with E-state index >= 15 is 0 Å². The van der Waals surface area contributed by atoms with Gasteiger partial charge in [-0.25, -0.2) is 0 Å². The van der Waals surface area contributed by atoms with E-state index in [0.717, 1.165) is 0 Å². The summed E-state index contributed by atoms with van der Waals surface area (Å²) in [5, 5.41) is 56.4. The van der Waals surface area contributed by atoms with Gasteiger partial charge in [0.2, 0.25) is 0 Å². The van der Waals surface area contributed by atoms with Crippen LogP contribution in [0.1, 0.15) is 6.92 Å². The van der Waals surface area contributed by atoms with Crippen molar-refractivity contribution >= 4 is 0 Å². The van der Waals surface area contributed by atoms with Crippen LogP contribution in [0.25, 0.3) is 0 Å². The molecule has 1 saturated heterocycles. The summed E-state index contributed by atoms with van der Waals surface area (Å²) < 4.78 is 10.2. The molecule has 0 radical (unpaired) electrons. The molecular weight excluding hydrogens is 274 g/mol. The molecule has 20 heavy (non-hydrogen) atoms. The first-order chi connectivity index (χ1) is 9.29. The Bertz CT molecular complexity index is 290. The summed E-state index contributed by atoms with van der Waals surface area (Å²) in [7, 11) is 0. The lowest BCUT2D eigenvalue weighted by molar-refractivity contribution is -0.302. The zero-order valence-electron chi connectivity index (χ0n) is 11.1. The summed E-state index contributed by atoms with van der Waals surface area (Å²) in [6.45, 7) is 0.542. The molecule has 0 aromatic rings. The molecule has 0 aromatic carbocycles. The molecule has 1 aliphatic heterocycles. The zero-order valence-corrected chi connectivity index (χ0v) is 11.1. The number of hydrogen-bond acceptors (Lipinski definition) is 9. The molecule has 8 N–H and O–H groups in total. The fourth-order valence-corrected chi connectivity index (χ4v) is 1.87. The van der Waals surface area contributed by atoms with Gasteiger partial charge >= 0.3 is 0 Å². The van der Waals surface area contributed by atoms with Crippen molar-refractivity contribution in [3.05, 3.63) is 0 Å². The molecule has 0 spiro atoms. The van der Waals surface area contributed by atoms with Gasteiger partial charge in [-0.1, -0.05) is 0 Å². The Morgan fingerprint density at radius 1 is 1.15 bits per heavy atom. The van der Waals surface area contributed by atoms with Crippen LogP contribution in [-0.2, 0) is 9.47 Å². The van der Waals surface area contributed by atoms with Crippen molar-refractivity contribution in [1.82, 2.24) is 0 Å². The topological polar surface area (TPSA) is 166 Å². The highest BCUT2D eigenvalue weighted by Crippen LogP contribution is 2.22. The van der Waals surface area contributed by atoms with Gasteiger partial charge in [0, 0.05) is 0 Å². The standard InChI is InChI=1S/C11H23NO8/c1-4(14)7(15)5(12)3-19-11-10(18)9(17)8(16)6(2-13)20-11/h4-11,13-18H,2-3,12H2,1H3/t4-,5+,6?,7-,8+,9?,10?,11+/m1/s1. The van der Waals surface area contributed by atoms with Crippen LogP contribution in [-0.4, -0.2) is 92.8 Å². The van der Waals surface area contributed by atoms with Crippen LogP contribution < -0.4 is 5.73 Å². The Hall–Kier alpha value is -0.360. The molecule has 0 saturated carbocycles. The third-order valence-corrected chi connectivity index (χ3v) is 3.23. The second kappa shape index (κ2) is 7.59. The lowest BCUT2D eigenvalue weighted by Gasteiger charge is -2.40. The summed E-state index contributed by atoms with van der Waals surface area (Å²) in [6, 6.07) is -0.928. The van der Waals surface area contributed by atoms with Gasteiger partial charge in [-0.2, -0.15) is 0 Å². The highest BCUT2D eigenvalue weighted by Gasteiger charge is 2.44. The molecule has 0 aromatic heterocycles. The summed E-state index contributed by atoms with van der Waals surface area (Å²) in [4.78, 5) is 0. The fraction of sp³-hybridized carbons (Fsp3) is 1.00. The van der Waals surface area contributed by atoms with E-state index in [4.69, 9.17) is 25.4 Å². The van der Waals surface area contributed by atoms with Gasteiger partial charge < -0.3 is 45.8 Å². The maximum Gasteiger partial charge on any atom is 0.186 e. The minimum atomic E-state index is -1.54. The molecule has 0 bridgehead atoms. The van der Waals surface area contributed by atoms with Crippen molar-refractivity contribution in [3.8, 4) is 0 Å². The molecule has 1 rings (SSSR count). The van der Waals surface area contributed by atoms with Crippen LogP contribution in [0, 0.1) is 0 Å². The minimum Gasteiger partial charge on any atom is -0.394 e. The monoisotopic (exact) mass is 297 g/mol. The van der Waals surface area contributed by atoms with E-state index in [1.165, 1.54) is 6.92 Å². The Morgan fingerprint density at radius 2 is 1.75 bits per heavy atom. The predicted octanol–water partition coefficient (Wildman–Crippen LogP) is -4.13. The van der Waals surface area contributed by atoms with Crippen LogP contribution >= 0.6 is 0 Å². The first-order valence-electron chi connectivity index (χ1n) is 6.33. The quantitative estimate of drug-likeness (QED) is 0.258. The van der Waals surface area contributed by atoms with Crippen LogP contribution in [0.5, 0.6) is 0 Å². The van der Waals surface area contributed by atoms with E-state index in [1.807, 2.05) is 0 Å². The van der Waals surface area contributed by atoms with E-state index in [-0.39, 0.29) is 6.61 Å². The summed E-state index contributed by atoms with van der Waals surface area (Å²) in [5.41, 5.74) is 5.58. The largest absolute Gasteiger partial charge is 0.394 e. The van der Waals surface area contributed by atoms with E-state index in [0.29, 0.717) is 0 Å². The number of hydrogen-bond donors (Lipinski definition) is 7. The lowest BCUT2D eigenvalue weighted by atomic mass is 9.99. The smallest absolute Gasteiger partial charge is 0.186 e. The molecule has 0 aliphatic carbocycles. The highest BCUT2D eigenvalue weighted by molar-refractivity contribution is 4.89. The Balaban J connectivity index is 2.54. The fourth-order valence-electron chi connectivity index (χ4n) is 1.87. The van der Waals surface area contributed by atoms with Crippen molar-refractivity contribution in [1.29, 1.82) is 0 Å². The van der Waals surface area contributed by atoms with Crippen LogP contribution in [0.15, 0.2) is 0 Å². The third kappa shape index (κ3) is 4.07. The van der Waals surface area contributed by atoms with Crippen molar-refractivity contribution in [3.63, 3.8) is 0 Å². The summed E-state index contributed by atoms with van der Waals surface area (Å²) in [5.74, 6) is 0. The molecule has 1 aliphatic rings. The third-order valence-electron chi connectivity index (χ3n) is 3.23. The highest BCUT2D eigenvalue weighted by atomic mass is 16.7. The first kappa shape index (κ1) is 17.7. The molecule has 9 heteroatoms. The maximum atomic E-state index is 9.69. The first-order valence-corrected chi connectivity index (χ1v) is 6.33. The Kier molecular flexibility index (Phi) is 6.72. The van der Waals surface area contributed by atoms with Crippen LogP contribution in [0.2, 0.25) is 0 Å². The van der Waals surface area contributed by atoms with Gasteiger partial charge in [0.1, 0.15) is 24.4 Å². The van der Waals surface area contributed by atoms with Crippen molar-refractivity contribution in [2.75, 3.05) is 13.2 Å². The molecule has 1 heterocycles. The molecule has 3 unspecified atom stereocenters. The number of rotatable bonds is 6. The number of nitrogens with two attached hydrogens (primary N) is 1. The van der Waals surface area contributed by atoms with Gasteiger partial charge in [0.25, 0.3) is 0 Å². The average molecular weight is 297 g/mol. The summed E-state index contributed by atoms with van der Waals surface area (Å²) >= 11 is 0. The predicted molar refractivity (Wildman–Crippen MR) is 65.4 cm³/mol. The van der Waals surface area contributed by atoms with E-state index < -0.39 is 55.6 Å². The maximum absolute atomic E-state index is 9.69. The van der Waals surface area contributed by atoms with Gasteiger partial charge in [-0.05, 0) is 6.92 Å². The van der Waals surface area contributed by atoms with Gasteiger partial charge in [0.15, 0.2) is 6.29 Å². The molecule has 0 amide bonds. The number of aliphatic hydroxyl groups excluding tert-OH is 6. The normalized spacial score (nSPS) is 39.3. The van der Waals surface area contributed by atoms with Crippen molar-refractivity contribution < 1.29 is 40.1 Å². The SMILES string of the molecule is C[C@@H](O)[C@@H](O)[C@@H](N)CO[C@H]1OC(CO)[C@H](O)C(O)C1O. The number of ether oxygens (including phenoxy) is 2. The molecule has 1 fully saturated rings. The molecule has 8 atom stereocenters. The van der Waals surface area contributed by atoms with Gasteiger partial charge in [-0.3, -0.25) is 0 Å². The van der Waals surface area contributed by atoms with Gasteiger partial charge in [-0.15, -0.1) is 0 Å². The van der Waals surface area contributed by atoms with E-state index in [2.05, 4.69) is 0 Å².